The topological polar surface area (TPSA) is 49.3 Å². The molecule has 2 fully saturated rings. The van der Waals surface area contributed by atoms with Crippen LogP contribution >= 0.6 is 15.9 Å². The zero-order chi connectivity index (χ0) is 13.5. The molecule has 1 amide bonds. The number of carbonyl (C=O) groups is 1. The Hall–Kier alpha value is -0.870. The van der Waals surface area contributed by atoms with E-state index in [4.69, 9.17) is 0 Å². The van der Waals surface area contributed by atoms with Crippen LogP contribution in [0.2, 0.25) is 0 Å². The Morgan fingerprint density at radius 1 is 1.37 bits per heavy atom. The molecule has 0 radical (unpaired) electrons. The summed E-state index contributed by atoms with van der Waals surface area (Å²) in [5.41, 5.74) is 0.600. The van der Waals surface area contributed by atoms with Gasteiger partial charge in [-0.05, 0) is 49.3 Å². The van der Waals surface area contributed by atoms with Crippen molar-refractivity contribution in [2.45, 2.75) is 37.2 Å². The lowest BCUT2D eigenvalue weighted by molar-refractivity contribution is -0.124. The number of aliphatic hydroxyl groups is 1. The van der Waals surface area contributed by atoms with Gasteiger partial charge >= 0.3 is 0 Å². The van der Waals surface area contributed by atoms with Crippen LogP contribution < -0.4 is 5.32 Å². The van der Waals surface area contributed by atoms with E-state index in [1.54, 1.807) is 0 Å². The lowest BCUT2D eigenvalue weighted by Crippen LogP contribution is -2.48. The van der Waals surface area contributed by atoms with Gasteiger partial charge in [0.2, 0.25) is 5.91 Å². The molecule has 2 unspecified atom stereocenters. The number of halogens is 1. The second-order valence-electron chi connectivity index (χ2n) is 5.80. The zero-order valence-corrected chi connectivity index (χ0v) is 12.3. The van der Waals surface area contributed by atoms with E-state index in [1.807, 2.05) is 12.1 Å². The third-order valence-electron chi connectivity index (χ3n) is 4.30. The summed E-state index contributed by atoms with van der Waals surface area (Å²) in [6, 6.07) is 8.17. The zero-order valence-electron chi connectivity index (χ0n) is 10.7. The van der Waals surface area contributed by atoms with Crippen LogP contribution in [0.1, 0.15) is 37.2 Å². The van der Waals surface area contributed by atoms with Crippen LogP contribution in [0, 0.1) is 5.92 Å². The normalized spacial score (nSPS) is 27.5. The van der Waals surface area contributed by atoms with Crippen molar-refractivity contribution in [2.24, 2.45) is 5.92 Å². The van der Waals surface area contributed by atoms with E-state index >= 15 is 0 Å². The number of amides is 1. The Bertz CT molecular complexity index is 481. The molecule has 102 valence electrons. The molecule has 19 heavy (non-hydrogen) atoms. The smallest absolute Gasteiger partial charge is 0.223 e. The fraction of sp³-hybridized carbons (Fsp3) is 0.533. The summed E-state index contributed by atoms with van der Waals surface area (Å²) >= 11 is 3.41. The van der Waals surface area contributed by atoms with Gasteiger partial charge in [0.05, 0.1) is 5.60 Å². The van der Waals surface area contributed by atoms with E-state index in [9.17, 15) is 9.90 Å². The molecule has 2 aliphatic rings. The Labute approximate surface area is 121 Å². The van der Waals surface area contributed by atoms with Gasteiger partial charge in [-0.15, -0.1) is 0 Å². The first kappa shape index (κ1) is 13.1. The fourth-order valence-electron chi connectivity index (χ4n) is 2.71. The molecule has 0 aromatic heterocycles. The van der Waals surface area contributed by atoms with Crippen LogP contribution in [-0.2, 0) is 4.79 Å². The van der Waals surface area contributed by atoms with Crippen molar-refractivity contribution < 1.29 is 9.90 Å². The summed E-state index contributed by atoms with van der Waals surface area (Å²) in [5.74, 6) is 0.530. The average Bonchev–Trinajstić information content (AvgIpc) is 3.15. The minimum atomic E-state index is -0.627. The first-order chi connectivity index (χ1) is 9.07. The number of hydrogen-bond donors (Lipinski definition) is 2. The van der Waals surface area contributed by atoms with Crippen LogP contribution in [-0.4, -0.2) is 23.2 Å². The van der Waals surface area contributed by atoms with Gasteiger partial charge in [0, 0.05) is 16.9 Å². The van der Waals surface area contributed by atoms with Crippen LogP contribution in [0.3, 0.4) is 0 Å². The van der Waals surface area contributed by atoms with Gasteiger partial charge in [-0.2, -0.15) is 0 Å². The van der Waals surface area contributed by atoms with E-state index in [-0.39, 0.29) is 11.8 Å². The second-order valence-corrected chi connectivity index (χ2v) is 6.71. The number of rotatable bonds is 4. The van der Waals surface area contributed by atoms with Crippen LogP contribution in [0.15, 0.2) is 28.7 Å². The molecule has 2 atom stereocenters. The molecular formula is C15H18BrNO2. The molecule has 0 spiro atoms. The second kappa shape index (κ2) is 4.91. The van der Waals surface area contributed by atoms with Crippen molar-refractivity contribution in [1.29, 1.82) is 0 Å². The molecule has 3 rings (SSSR count). The van der Waals surface area contributed by atoms with Crippen LogP contribution in [0.5, 0.6) is 0 Å². The summed E-state index contributed by atoms with van der Waals surface area (Å²) in [5, 5.41) is 12.9. The largest absolute Gasteiger partial charge is 0.388 e. The SMILES string of the molecule is O=C(NCC1(O)CCC1)C1CC1c1ccc(Br)cc1. The van der Waals surface area contributed by atoms with Crippen LogP contribution in [0.4, 0.5) is 0 Å². The van der Waals surface area contributed by atoms with E-state index in [0.717, 1.165) is 30.2 Å². The lowest BCUT2D eigenvalue weighted by atomic mass is 9.80. The Kier molecular flexibility index (Phi) is 3.39. The van der Waals surface area contributed by atoms with Crippen molar-refractivity contribution in [3.8, 4) is 0 Å². The monoisotopic (exact) mass is 323 g/mol. The molecule has 0 bridgehead atoms. The van der Waals surface area contributed by atoms with Crippen molar-refractivity contribution in [3.63, 3.8) is 0 Å². The maximum Gasteiger partial charge on any atom is 0.223 e. The Morgan fingerprint density at radius 3 is 2.63 bits per heavy atom. The summed E-state index contributed by atoms with van der Waals surface area (Å²) < 4.78 is 1.06. The molecule has 4 heteroatoms. The first-order valence-corrected chi connectivity index (χ1v) is 7.62. The number of hydrogen-bond acceptors (Lipinski definition) is 2. The van der Waals surface area contributed by atoms with Crippen molar-refractivity contribution in [2.75, 3.05) is 6.54 Å². The highest BCUT2D eigenvalue weighted by Gasteiger charge is 2.44. The average molecular weight is 324 g/mol. The van der Waals surface area contributed by atoms with E-state index in [2.05, 4.69) is 33.4 Å². The van der Waals surface area contributed by atoms with Gasteiger partial charge < -0.3 is 10.4 Å². The Morgan fingerprint density at radius 2 is 2.05 bits per heavy atom. The Balaban J connectivity index is 1.51. The number of carbonyl (C=O) groups excluding carboxylic acids is 1. The molecule has 2 saturated carbocycles. The highest BCUT2D eigenvalue weighted by atomic mass is 79.9. The maximum atomic E-state index is 12.0. The van der Waals surface area contributed by atoms with Gasteiger partial charge in [-0.3, -0.25) is 4.79 Å². The van der Waals surface area contributed by atoms with Gasteiger partial charge in [-0.1, -0.05) is 28.1 Å². The summed E-state index contributed by atoms with van der Waals surface area (Å²) in [6.45, 7) is 0.412. The maximum absolute atomic E-state index is 12.0. The molecular weight excluding hydrogens is 306 g/mol. The molecule has 0 aliphatic heterocycles. The predicted molar refractivity (Wildman–Crippen MR) is 76.8 cm³/mol. The highest BCUT2D eigenvalue weighted by molar-refractivity contribution is 9.10. The molecule has 1 aromatic carbocycles. The molecule has 2 N–H and O–H groups in total. The standard InChI is InChI=1S/C15H18BrNO2/c16-11-4-2-10(3-5-11)12-8-13(12)14(18)17-9-15(19)6-1-7-15/h2-5,12-13,19H,1,6-9H2,(H,17,18). The third kappa shape index (κ3) is 2.84. The minimum absolute atomic E-state index is 0.0878. The highest BCUT2D eigenvalue weighted by Crippen LogP contribution is 2.47. The lowest BCUT2D eigenvalue weighted by Gasteiger charge is -2.36. The van der Waals surface area contributed by atoms with Crippen molar-refractivity contribution in [1.82, 2.24) is 5.32 Å². The van der Waals surface area contributed by atoms with Gasteiger partial charge in [0.1, 0.15) is 0 Å². The molecule has 0 heterocycles. The predicted octanol–water partition coefficient (Wildman–Crippen LogP) is 2.58. The molecule has 0 saturated heterocycles. The van der Waals surface area contributed by atoms with Gasteiger partial charge in [0.15, 0.2) is 0 Å². The first-order valence-electron chi connectivity index (χ1n) is 6.83. The fourth-order valence-corrected chi connectivity index (χ4v) is 2.97. The van der Waals surface area contributed by atoms with E-state index in [1.165, 1.54) is 5.56 Å². The third-order valence-corrected chi connectivity index (χ3v) is 4.83. The van der Waals surface area contributed by atoms with Gasteiger partial charge in [0.25, 0.3) is 0 Å². The van der Waals surface area contributed by atoms with Gasteiger partial charge in [-0.25, -0.2) is 0 Å². The molecule has 2 aliphatic carbocycles. The summed E-state index contributed by atoms with van der Waals surface area (Å²) in [4.78, 5) is 12.0. The van der Waals surface area contributed by atoms with E-state index < -0.39 is 5.60 Å². The quantitative estimate of drug-likeness (QED) is 0.894. The summed E-state index contributed by atoms with van der Waals surface area (Å²) in [7, 11) is 0. The minimum Gasteiger partial charge on any atom is -0.388 e. The van der Waals surface area contributed by atoms with Crippen molar-refractivity contribution >= 4 is 21.8 Å². The summed E-state index contributed by atoms with van der Waals surface area (Å²) in [6.07, 6.45) is 3.62. The number of nitrogens with one attached hydrogen (secondary N) is 1. The van der Waals surface area contributed by atoms with Crippen molar-refractivity contribution in [3.05, 3.63) is 34.3 Å². The molecule has 1 aromatic rings. The molecule has 3 nitrogen and oxygen atoms in total. The number of benzene rings is 1. The van der Waals surface area contributed by atoms with E-state index in [0.29, 0.717) is 12.5 Å². The van der Waals surface area contributed by atoms with Crippen LogP contribution in [0.25, 0.3) is 0 Å².